The minimum atomic E-state index is -4.55. The van der Waals surface area contributed by atoms with Gasteiger partial charge in [0.25, 0.3) is 0 Å². The van der Waals surface area contributed by atoms with Gasteiger partial charge in [0.15, 0.2) is 17.6 Å². The predicted molar refractivity (Wildman–Crippen MR) is 76.3 cm³/mol. The second-order valence-corrected chi connectivity index (χ2v) is 5.82. The van der Waals surface area contributed by atoms with Crippen molar-refractivity contribution in [3.8, 4) is 11.5 Å². The molecular formula is C15H19F3N2O3. The first-order valence-corrected chi connectivity index (χ1v) is 7.50. The molecule has 5 nitrogen and oxygen atoms in total. The number of halogens is 3. The molecule has 1 aromatic carbocycles. The highest BCUT2D eigenvalue weighted by atomic mass is 19.4. The van der Waals surface area contributed by atoms with Crippen LogP contribution >= 0.6 is 0 Å². The number of ether oxygens (including phenoxy) is 2. The van der Waals surface area contributed by atoms with Crippen molar-refractivity contribution in [2.45, 2.75) is 18.8 Å². The van der Waals surface area contributed by atoms with Crippen LogP contribution in [0.15, 0.2) is 18.2 Å². The van der Waals surface area contributed by atoms with E-state index >= 15 is 0 Å². The summed E-state index contributed by atoms with van der Waals surface area (Å²) >= 11 is 0. The average molecular weight is 332 g/mol. The van der Waals surface area contributed by atoms with Gasteiger partial charge in [-0.25, -0.2) is 0 Å². The van der Waals surface area contributed by atoms with Crippen molar-refractivity contribution in [1.82, 2.24) is 9.80 Å². The fraction of sp³-hybridized carbons (Fsp3) is 0.600. The molecule has 2 heterocycles. The molecule has 1 atom stereocenters. The van der Waals surface area contributed by atoms with Gasteiger partial charge in [-0.1, -0.05) is 6.07 Å². The summed E-state index contributed by atoms with van der Waals surface area (Å²) in [4.78, 5) is 3.82. The maximum Gasteiger partial charge on any atom is 0.415 e. The Morgan fingerprint density at radius 2 is 1.70 bits per heavy atom. The lowest BCUT2D eigenvalue weighted by Crippen LogP contribution is -2.50. The zero-order chi connectivity index (χ0) is 16.4. The Hall–Kier alpha value is -1.51. The van der Waals surface area contributed by atoms with Gasteiger partial charge in [0.05, 0.1) is 0 Å². The summed E-state index contributed by atoms with van der Waals surface area (Å²) in [5, 5.41) is 9.12. The molecule has 8 heteroatoms. The summed E-state index contributed by atoms with van der Waals surface area (Å²) in [5.41, 5.74) is 1.08. The maximum atomic E-state index is 12.4. The summed E-state index contributed by atoms with van der Waals surface area (Å²) in [5.74, 6) is 1.47. The first-order valence-electron chi connectivity index (χ1n) is 7.50. The van der Waals surface area contributed by atoms with Gasteiger partial charge in [0.2, 0.25) is 6.79 Å². The van der Waals surface area contributed by atoms with Crippen LogP contribution in [-0.2, 0) is 6.54 Å². The first kappa shape index (κ1) is 16.4. The van der Waals surface area contributed by atoms with Crippen molar-refractivity contribution in [3.63, 3.8) is 0 Å². The third-order valence-corrected chi connectivity index (χ3v) is 4.12. The Morgan fingerprint density at radius 1 is 1.04 bits per heavy atom. The zero-order valence-electron chi connectivity index (χ0n) is 12.6. The van der Waals surface area contributed by atoms with Crippen molar-refractivity contribution in [3.05, 3.63) is 23.8 Å². The van der Waals surface area contributed by atoms with Crippen molar-refractivity contribution in [2.75, 3.05) is 39.5 Å². The van der Waals surface area contributed by atoms with Gasteiger partial charge in [0, 0.05) is 39.3 Å². The predicted octanol–water partition coefficient (Wildman–Crippen LogP) is 1.46. The molecule has 0 aliphatic carbocycles. The van der Waals surface area contributed by atoms with Crippen LogP contribution < -0.4 is 9.47 Å². The molecule has 0 radical (unpaired) electrons. The van der Waals surface area contributed by atoms with Crippen molar-refractivity contribution >= 4 is 0 Å². The molecule has 0 unspecified atom stereocenters. The second kappa shape index (κ2) is 6.54. The van der Waals surface area contributed by atoms with Crippen LogP contribution in [0.4, 0.5) is 13.2 Å². The number of aliphatic hydroxyl groups excluding tert-OH is 1. The summed E-state index contributed by atoms with van der Waals surface area (Å²) < 4.78 is 47.7. The molecule has 0 amide bonds. The van der Waals surface area contributed by atoms with Crippen molar-refractivity contribution < 1.29 is 27.8 Å². The third-order valence-electron chi connectivity index (χ3n) is 4.12. The van der Waals surface area contributed by atoms with E-state index in [0.29, 0.717) is 32.7 Å². The van der Waals surface area contributed by atoms with E-state index in [1.54, 1.807) is 4.90 Å². The summed E-state index contributed by atoms with van der Waals surface area (Å²) in [7, 11) is 0. The Kier molecular flexibility index (Phi) is 4.65. The molecule has 2 aliphatic heterocycles. The molecule has 0 spiro atoms. The summed E-state index contributed by atoms with van der Waals surface area (Å²) in [6.07, 6.45) is -6.83. The van der Waals surface area contributed by atoms with E-state index in [9.17, 15) is 13.2 Å². The second-order valence-electron chi connectivity index (χ2n) is 5.82. The minimum Gasteiger partial charge on any atom is -0.454 e. The molecule has 1 N–H and O–H groups in total. The molecule has 1 aromatic rings. The standard InChI is InChI=1S/C15H19F3N2O3/c16-15(17,18)14(21)9-20-5-3-19(4-6-20)8-11-1-2-12-13(7-11)23-10-22-12/h1-2,7,14,21H,3-6,8-10H2/t14-/m0/s1. The van der Waals surface area contributed by atoms with E-state index in [2.05, 4.69) is 4.90 Å². The Labute approximate surface area is 132 Å². The SMILES string of the molecule is O[C@@H](CN1CCN(Cc2ccc3c(c2)OCO3)CC1)C(F)(F)F. The molecule has 0 aromatic heterocycles. The van der Waals surface area contributed by atoms with Gasteiger partial charge in [-0.05, 0) is 17.7 Å². The highest BCUT2D eigenvalue weighted by Gasteiger charge is 2.39. The van der Waals surface area contributed by atoms with E-state index in [1.165, 1.54) is 0 Å². The normalized spacial score (nSPS) is 20.7. The molecule has 23 heavy (non-hydrogen) atoms. The van der Waals surface area contributed by atoms with Gasteiger partial charge in [-0.2, -0.15) is 13.2 Å². The van der Waals surface area contributed by atoms with Crippen LogP contribution in [0.5, 0.6) is 11.5 Å². The van der Waals surface area contributed by atoms with Gasteiger partial charge in [0.1, 0.15) is 0 Å². The quantitative estimate of drug-likeness (QED) is 0.904. The van der Waals surface area contributed by atoms with Gasteiger partial charge < -0.3 is 14.6 Å². The highest BCUT2D eigenvalue weighted by molar-refractivity contribution is 5.44. The average Bonchev–Trinajstić information content (AvgIpc) is 2.96. The molecule has 1 saturated heterocycles. The highest BCUT2D eigenvalue weighted by Crippen LogP contribution is 2.32. The first-order chi connectivity index (χ1) is 10.9. The molecule has 1 fully saturated rings. The number of benzene rings is 1. The smallest absolute Gasteiger partial charge is 0.415 e. The number of alkyl halides is 3. The van der Waals surface area contributed by atoms with E-state index in [4.69, 9.17) is 14.6 Å². The van der Waals surface area contributed by atoms with E-state index in [-0.39, 0.29) is 13.3 Å². The van der Waals surface area contributed by atoms with Crippen LogP contribution in [0.1, 0.15) is 5.56 Å². The number of β-amino-alcohol motifs (C(OH)–C–C–N with tert-alkyl or cyclic N) is 1. The molecule has 0 bridgehead atoms. The van der Waals surface area contributed by atoms with Crippen LogP contribution in [0.25, 0.3) is 0 Å². The molecule has 3 rings (SSSR count). The number of hydrogen-bond donors (Lipinski definition) is 1. The zero-order valence-corrected chi connectivity index (χ0v) is 12.6. The number of aliphatic hydroxyl groups is 1. The van der Waals surface area contributed by atoms with E-state index in [1.807, 2.05) is 18.2 Å². The number of piperazine rings is 1. The van der Waals surface area contributed by atoms with Gasteiger partial charge >= 0.3 is 6.18 Å². The Balaban J connectivity index is 1.48. The van der Waals surface area contributed by atoms with Crippen LogP contribution in [0.2, 0.25) is 0 Å². The molecular weight excluding hydrogens is 313 g/mol. The Morgan fingerprint density at radius 3 is 2.39 bits per heavy atom. The Bertz CT molecular complexity index is 545. The van der Waals surface area contributed by atoms with Gasteiger partial charge in [-0.3, -0.25) is 9.80 Å². The lowest BCUT2D eigenvalue weighted by atomic mass is 10.1. The summed E-state index contributed by atoms with van der Waals surface area (Å²) in [6.45, 7) is 2.94. The minimum absolute atomic E-state index is 0.235. The van der Waals surface area contributed by atoms with Crippen molar-refractivity contribution in [2.24, 2.45) is 0 Å². The van der Waals surface area contributed by atoms with Crippen molar-refractivity contribution in [1.29, 1.82) is 0 Å². The maximum absolute atomic E-state index is 12.4. The van der Waals surface area contributed by atoms with Crippen LogP contribution in [-0.4, -0.2) is 66.7 Å². The number of rotatable bonds is 4. The lowest BCUT2D eigenvalue weighted by molar-refractivity contribution is -0.209. The third kappa shape index (κ3) is 4.07. The van der Waals surface area contributed by atoms with Crippen LogP contribution in [0.3, 0.4) is 0 Å². The summed E-state index contributed by atoms with van der Waals surface area (Å²) in [6, 6.07) is 5.77. The lowest BCUT2D eigenvalue weighted by Gasteiger charge is -2.35. The largest absolute Gasteiger partial charge is 0.454 e. The topological polar surface area (TPSA) is 45.2 Å². The fourth-order valence-corrected chi connectivity index (χ4v) is 2.78. The van der Waals surface area contributed by atoms with Crippen LogP contribution in [0, 0.1) is 0 Å². The number of nitrogens with zero attached hydrogens (tertiary/aromatic N) is 2. The molecule has 0 saturated carbocycles. The van der Waals surface area contributed by atoms with E-state index in [0.717, 1.165) is 17.1 Å². The number of hydrogen-bond acceptors (Lipinski definition) is 5. The molecule has 128 valence electrons. The monoisotopic (exact) mass is 332 g/mol. The van der Waals surface area contributed by atoms with Gasteiger partial charge in [-0.15, -0.1) is 0 Å². The number of fused-ring (bicyclic) bond motifs is 1. The fourth-order valence-electron chi connectivity index (χ4n) is 2.78. The molecule has 2 aliphatic rings. The van der Waals surface area contributed by atoms with E-state index < -0.39 is 12.3 Å².